The highest BCUT2D eigenvalue weighted by Gasteiger charge is 2.27. The Morgan fingerprint density at radius 3 is 2.89 bits per heavy atom. The van der Waals surface area contributed by atoms with Crippen molar-refractivity contribution in [3.05, 3.63) is 47.3 Å². The van der Waals surface area contributed by atoms with E-state index in [9.17, 15) is 13.6 Å². The molecule has 0 bridgehead atoms. The lowest BCUT2D eigenvalue weighted by molar-refractivity contribution is 0.0952. The number of benzene rings is 1. The smallest absolute Gasteiger partial charge is 0.166 e. The molecule has 0 N–H and O–H groups in total. The Kier molecular flexibility index (Phi) is 2.69. The fourth-order valence-corrected chi connectivity index (χ4v) is 2.49. The zero-order valence-corrected chi connectivity index (χ0v) is 10.4. The average Bonchev–Trinajstić information content (AvgIpc) is 2.76. The lowest BCUT2D eigenvalue weighted by Crippen LogP contribution is -2.19. The first-order valence-electron chi connectivity index (χ1n) is 6.12. The highest BCUT2D eigenvalue weighted by molar-refractivity contribution is 5.98. The van der Waals surface area contributed by atoms with E-state index >= 15 is 0 Å². The molecule has 0 spiro atoms. The van der Waals surface area contributed by atoms with Crippen molar-refractivity contribution in [1.29, 1.82) is 0 Å². The number of hydrogen-bond acceptors (Lipinski definition) is 2. The second-order valence-electron chi connectivity index (χ2n) is 4.95. The molecule has 0 aliphatic heterocycles. The van der Waals surface area contributed by atoms with Crippen LogP contribution in [0, 0.1) is 17.6 Å². The van der Waals surface area contributed by atoms with Crippen molar-refractivity contribution in [2.24, 2.45) is 5.92 Å². The van der Waals surface area contributed by atoms with Crippen LogP contribution in [0.2, 0.25) is 0 Å². The van der Waals surface area contributed by atoms with Gasteiger partial charge in [0.05, 0.1) is 17.5 Å². The van der Waals surface area contributed by atoms with E-state index in [-0.39, 0.29) is 17.4 Å². The molecule has 1 aliphatic rings. The molecule has 1 aromatic carbocycles. The minimum Gasteiger partial charge on any atom is -0.294 e. The molecule has 0 amide bonds. The fraction of sp³-hybridized carbons (Fsp3) is 0.286. The molecule has 1 aromatic heterocycles. The first-order chi connectivity index (χ1) is 9.06. The van der Waals surface area contributed by atoms with Gasteiger partial charge in [-0.1, -0.05) is 6.92 Å². The van der Waals surface area contributed by atoms with Gasteiger partial charge in [0.25, 0.3) is 0 Å². The molecular formula is C14H12F2N2O. The highest BCUT2D eigenvalue weighted by atomic mass is 19.1. The third kappa shape index (κ3) is 1.95. The number of halogens is 2. The van der Waals surface area contributed by atoms with Crippen molar-refractivity contribution in [1.82, 2.24) is 9.78 Å². The van der Waals surface area contributed by atoms with Crippen LogP contribution in [0.1, 0.15) is 29.4 Å². The monoisotopic (exact) mass is 262 g/mol. The third-order valence-electron chi connectivity index (χ3n) is 3.38. The van der Waals surface area contributed by atoms with Crippen molar-refractivity contribution in [3.8, 4) is 5.69 Å². The highest BCUT2D eigenvalue weighted by Crippen LogP contribution is 2.28. The summed E-state index contributed by atoms with van der Waals surface area (Å²) in [4.78, 5) is 11.9. The summed E-state index contributed by atoms with van der Waals surface area (Å²) < 4.78 is 28.4. The minimum absolute atomic E-state index is 0.0109. The van der Waals surface area contributed by atoms with Crippen molar-refractivity contribution in [2.45, 2.75) is 19.8 Å². The fourth-order valence-electron chi connectivity index (χ4n) is 2.49. The van der Waals surface area contributed by atoms with Gasteiger partial charge in [0.1, 0.15) is 17.3 Å². The Bertz CT molecular complexity index is 663. The molecule has 1 aliphatic carbocycles. The van der Waals surface area contributed by atoms with Gasteiger partial charge in [-0.25, -0.2) is 13.5 Å². The van der Waals surface area contributed by atoms with Gasteiger partial charge in [0.15, 0.2) is 5.78 Å². The molecule has 2 aromatic rings. The van der Waals surface area contributed by atoms with Crippen LogP contribution in [0.15, 0.2) is 24.4 Å². The molecule has 0 saturated carbocycles. The SMILES string of the molecule is C[C@H]1CC(=O)c2cnn(-c3cc(F)ccc3F)c2C1. The largest absolute Gasteiger partial charge is 0.294 e. The van der Waals surface area contributed by atoms with Gasteiger partial charge >= 0.3 is 0 Å². The Morgan fingerprint density at radius 2 is 2.11 bits per heavy atom. The van der Waals surface area contributed by atoms with Crippen molar-refractivity contribution in [2.75, 3.05) is 0 Å². The lowest BCUT2D eigenvalue weighted by atomic mass is 9.88. The molecular weight excluding hydrogens is 250 g/mol. The van der Waals surface area contributed by atoms with Crippen LogP contribution in [-0.2, 0) is 6.42 Å². The number of Topliss-reactive ketones (excluding diaryl/α,β-unsaturated/α-hetero) is 1. The minimum atomic E-state index is -0.557. The maximum atomic E-state index is 13.8. The summed E-state index contributed by atoms with van der Waals surface area (Å²) in [5.41, 5.74) is 1.22. The zero-order valence-electron chi connectivity index (χ0n) is 10.4. The quantitative estimate of drug-likeness (QED) is 0.792. The van der Waals surface area contributed by atoms with Crippen LogP contribution in [0.5, 0.6) is 0 Å². The van der Waals surface area contributed by atoms with Gasteiger partial charge in [-0.2, -0.15) is 5.10 Å². The number of carbonyl (C=O) groups is 1. The van der Waals surface area contributed by atoms with Gasteiger partial charge < -0.3 is 0 Å². The zero-order chi connectivity index (χ0) is 13.6. The third-order valence-corrected chi connectivity index (χ3v) is 3.38. The maximum absolute atomic E-state index is 13.8. The first kappa shape index (κ1) is 12.0. The number of carbonyl (C=O) groups excluding carboxylic acids is 1. The molecule has 98 valence electrons. The molecule has 3 nitrogen and oxygen atoms in total. The van der Waals surface area contributed by atoms with E-state index in [1.807, 2.05) is 6.92 Å². The Hall–Kier alpha value is -2.04. The van der Waals surface area contributed by atoms with E-state index in [1.54, 1.807) is 0 Å². The predicted octanol–water partition coefficient (Wildman–Crippen LogP) is 2.92. The second kappa shape index (κ2) is 4.26. The molecule has 19 heavy (non-hydrogen) atoms. The van der Waals surface area contributed by atoms with Gasteiger partial charge in [0.2, 0.25) is 0 Å². The number of ketones is 1. The van der Waals surface area contributed by atoms with E-state index in [2.05, 4.69) is 5.10 Å². The van der Waals surface area contributed by atoms with Crippen LogP contribution < -0.4 is 0 Å². The number of aromatic nitrogens is 2. The van der Waals surface area contributed by atoms with Gasteiger partial charge in [-0.3, -0.25) is 4.79 Å². The van der Waals surface area contributed by atoms with Crippen LogP contribution in [0.25, 0.3) is 5.69 Å². The Morgan fingerprint density at radius 1 is 1.32 bits per heavy atom. The Balaban J connectivity index is 2.17. The van der Waals surface area contributed by atoms with Crippen LogP contribution in [0.3, 0.4) is 0 Å². The van der Waals surface area contributed by atoms with Crippen LogP contribution in [-0.4, -0.2) is 15.6 Å². The summed E-state index contributed by atoms with van der Waals surface area (Å²) in [6.45, 7) is 1.96. The van der Waals surface area contributed by atoms with Crippen molar-refractivity contribution < 1.29 is 13.6 Å². The molecule has 3 rings (SSSR count). The van der Waals surface area contributed by atoms with E-state index in [4.69, 9.17) is 0 Å². The van der Waals surface area contributed by atoms with E-state index < -0.39 is 11.6 Å². The van der Waals surface area contributed by atoms with Crippen LogP contribution >= 0.6 is 0 Å². The maximum Gasteiger partial charge on any atom is 0.166 e. The summed E-state index contributed by atoms with van der Waals surface area (Å²) in [5.74, 6) is -0.891. The normalized spacial score (nSPS) is 18.5. The van der Waals surface area contributed by atoms with Gasteiger partial charge in [-0.15, -0.1) is 0 Å². The molecule has 0 radical (unpaired) electrons. The lowest BCUT2D eigenvalue weighted by Gasteiger charge is -2.19. The van der Waals surface area contributed by atoms with E-state index in [0.29, 0.717) is 24.1 Å². The van der Waals surface area contributed by atoms with E-state index in [1.165, 1.54) is 10.9 Å². The molecule has 0 unspecified atom stereocenters. The standard InChI is InChI=1S/C14H12F2N2O/c1-8-4-12-10(14(19)5-8)7-17-18(12)13-6-9(15)2-3-11(13)16/h2-3,6-8H,4-5H2,1H3/t8-/m1/s1. The number of nitrogens with zero attached hydrogens (tertiary/aromatic N) is 2. The van der Waals surface area contributed by atoms with E-state index in [0.717, 1.165) is 18.2 Å². The number of rotatable bonds is 1. The summed E-state index contributed by atoms with van der Waals surface area (Å²) in [7, 11) is 0. The predicted molar refractivity (Wildman–Crippen MR) is 65.3 cm³/mol. The number of fused-ring (bicyclic) bond motifs is 1. The second-order valence-corrected chi connectivity index (χ2v) is 4.95. The molecule has 0 fully saturated rings. The van der Waals surface area contributed by atoms with Gasteiger partial charge in [0, 0.05) is 12.5 Å². The molecule has 1 atom stereocenters. The topological polar surface area (TPSA) is 34.9 Å². The summed E-state index contributed by atoms with van der Waals surface area (Å²) in [6.07, 6.45) is 2.55. The summed E-state index contributed by atoms with van der Waals surface area (Å²) in [5, 5.41) is 4.04. The molecule has 5 heteroatoms. The van der Waals surface area contributed by atoms with Crippen LogP contribution in [0.4, 0.5) is 8.78 Å². The Labute approximate surface area is 108 Å². The average molecular weight is 262 g/mol. The molecule has 0 saturated heterocycles. The summed E-state index contributed by atoms with van der Waals surface area (Å²) in [6, 6.07) is 3.21. The van der Waals surface area contributed by atoms with Crippen molar-refractivity contribution in [3.63, 3.8) is 0 Å². The molecule has 1 heterocycles. The van der Waals surface area contributed by atoms with Gasteiger partial charge in [-0.05, 0) is 24.5 Å². The number of hydrogen-bond donors (Lipinski definition) is 0. The summed E-state index contributed by atoms with van der Waals surface area (Å²) >= 11 is 0. The first-order valence-corrected chi connectivity index (χ1v) is 6.12. The van der Waals surface area contributed by atoms with Crippen molar-refractivity contribution >= 4 is 5.78 Å².